The Morgan fingerprint density at radius 2 is 2.21 bits per heavy atom. The van der Waals surface area contributed by atoms with Gasteiger partial charge >= 0.3 is 0 Å². The van der Waals surface area contributed by atoms with Gasteiger partial charge in [-0.3, -0.25) is 0 Å². The van der Waals surface area contributed by atoms with Gasteiger partial charge in [-0.25, -0.2) is 0 Å². The van der Waals surface area contributed by atoms with E-state index in [1.165, 1.54) is 25.7 Å². The number of ether oxygens (including phenoxy) is 1. The van der Waals surface area contributed by atoms with E-state index in [2.05, 4.69) is 17.6 Å². The van der Waals surface area contributed by atoms with Gasteiger partial charge < -0.3 is 15.4 Å². The van der Waals surface area contributed by atoms with E-state index in [1.807, 2.05) is 0 Å². The number of hydrogen-bond acceptors (Lipinski definition) is 3. The van der Waals surface area contributed by atoms with Crippen molar-refractivity contribution in [1.29, 1.82) is 0 Å². The Balaban J connectivity index is 1.57. The lowest BCUT2D eigenvalue weighted by molar-refractivity contribution is 0.0289. The van der Waals surface area contributed by atoms with Crippen LogP contribution in [0.15, 0.2) is 0 Å². The van der Waals surface area contributed by atoms with Gasteiger partial charge in [0.05, 0.1) is 6.61 Å². The average molecular weight is 198 g/mol. The molecule has 0 bridgehead atoms. The van der Waals surface area contributed by atoms with Crippen molar-refractivity contribution < 1.29 is 4.74 Å². The molecular formula is C11H22N2O. The van der Waals surface area contributed by atoms with E-state index in [9.17, 15) is 0 Å². The summed E-state index contributed by atoms with van der Waals surface area (Å²) in [6.07, 6.45) is 5.19. The first-order chi connectivity index (χ1) is 6.79. The minimum Gasteiger partial charge on any atom is -0.380 e. The largest absolute Gasteiger partial charge is 0.380 e. The maximum atomic E-state index is 5.49. The molecule has 0 radical (unpaired) electrons. The summed E-state index contributed by atoms with van der Waals surface area (Å²) in [5.74, 6) is 0. The normalized spacial score (nSPS) is 33.2. The monoisotopic (exact) mass is 198 g/mol. The van der Waals surface area contributed by atoms with Crippen LogP contribution in [0.1, 0.15) is 32.6 Å². The number of rotatable bonds is 5. The van der Waals surface area contributed by atoms with Crippen LogP contribution < -0.4 is 10.6 Å². The maximum Gasteiger partial charge on any atom is 0.0645 e. The fourth-order valence-electron chi connectivity index (χ4n) is 2.00. The van der Waals surface area contributed by atoms with Gasteiger partial charge in [0.2, 0.25) is 0 Å². The molecule has 2 aliphatic rings. The predicted octanol–water partition coefficient (Wildman–Crippen LogP) is 0.897. The van der Waals surface area contributed by atoms with Gasteiger partial charge in [-0.05, 0) is 32.6 Å². The number of hydrogen-bond donors (Lipinski definition) is 2. The molecule has 82 valence electrons. The minimum atomic E-state index is 0.226. The highest BCUT2D eigenvalue weighted by molar-refractivity contribution is 4.86. The van der Waals surface area contributed by atoms with E-state index in [0.29, 0.717) is 0 Å². The van der Waals surface area contributed by atoms with Gasteiger partial charge in [0, 0.05) is 31.3 Å². The molecule has 0 spiro atoms. The Morgan fingerprint density at radius 3 is 2.86 bits per heavy atom. The van der Waals surface area contributed by atoms with Crippen LogP contribution in [0, 0.1) is 0 Å². The Bertz CT molecular complexity index is 174. The lowest BCUT2D eigenvalue weighted by atomic mass is 9.95. The van der Waals surface area contributed by atoms with E-state index in [1.54, 1.807) is 0 Å². The summed E-state index contributed by atoms with van der Waals surface area (Å²) >= 11 is 0. The summed E-state index contributed by atoms with van der Waals surface area (Å²) in [5.41, 5.74) is 0.226. The van der Waals surface area contributed by atoms with Gasteiger partial charge in [0.1, 0.15) is 0 Å². The molecule has 2 fully saturated rings. The van der Waals surface area contributed by atoms with Crippen molar-refractivity contribution in [2.45, 2.75) is 44.2 Å². The van der Waals surface area contributed by atoms with Crippen molar-refractivity contribution in [3.05, 3.63) is 0 Å². The molecule has 1 aliphatic carbocycles. The molecule has 1 heterocycles. The molecule has 1 unspecified atom stereocenters. The zero-order valence-electron chi connectivity index (χ0n) is 9.14. The second-order valence-corrected chi connectivity index (χ2v) is 4.87. The molecule has 3 heteroatoms. The van der Waals surface area contributed by atoms with E-state index in [0.717, 1.165) is 32.3 Å². The van der Waals surface area contributed by atoms with Crippen LogP contribution in [-0.2, 0) is 4.74 Å². The summed E-state index contributed by atoms with van der Waals surface area (Å²) < 4.78 is 5.49. The molecule has 1 saturated carbocycles. The maximum absolute atomic E-state index is 5.49. The third-order valence-electron chi connectivity index (χ3n) is 3.12. The third kappa shape index (κ3) is 3.23. The molecule has 1 aliphatic heterocycles. The van der Waals surface area contributed by atoms with Gasteiger partial charge in [-0.1, -0.05) is 0 Å². The second-order valence-electron chi connectivity index (χ2n) is 4.87. The zero-order valence-corrected chi connectivity index (χ0v) is 9.14. The Hall–Kier alpha value is -0.120. The molecule has 3 nitrogen and oxygen atoms in total. The van der Waals surface area contributed by atoms with E-state index in [4.69, 9.17) is 4.74 Å². The lowest BCUT2D eigenvalue weighted by Crippen LogP contribution is -2.50. The quantitative estimate of drug-likeness (QED) is 0.644. The van der Waals surface area contributed by atoms with Crippen molar-refractivity contribution in [3.63, 3.8) is 0 Å². The van der Waals surface area contributed by atoms with Gasteiger partial charge in [0.15, 0.2) is 0 Å². The van der Waals surface area contributed by atoms with Crippen molar-refractivity contribution in [2.24, 2.45) is 0 Å². The van der Waals surface area contributed by atoms with Gasteiger partial charge in [0.25, 0.3) is 0 Å². The molecule has 14 heavy (non-hydrogen) atoms. The fraction of sp³-hybridized carbons (Fsp3) is 1.00. The first-order valence-electron chi connectivity index (χ1n) is 5.85. The molecule has 1 saturated heterocycles. The van der Waals surface area contributed by atoms with E-state index < -0.39 is 0 Å². The standard InChI is InChI=1S/C11H22N2O/c1-11(5-2-8-14-9-11)13-7-6-12-10-3-4-10/h10,12-13H,2-9H2,1H3. The molecule has 0 aromatic carbocycles. The van der Waals surface area contributed by atoms with Crippen LogP contribution in [-0.4, -0.2) is 37.9 Å². The van der Waals surface area contributed by atoms with Crippen LogP contribution in [0.3, 0.4) is 0 Å². The third-order valence-corrected chi connectivity index (χ3v) is 3.12. The molecule has 2 rings (SSSR count). The predicted molar refractivity (Wildman–Crippen MR) is 57.5 cm³/mol. The molecule has 1 atom stereocenters. The second kappa shape index (κ2) is 4.60. The minimum absolute atomic E-state index is 0.226. The highest BCUT2D eigenvalue weighted by atomic mass is 16.5. The van der Waals surface area contributed by atoms with Crippen molar-refractivity contribution in [1.82, 2.24) is 10.6 Å². The van der Waals surface area contributed by atoms with Crippen LogP contribution in [0.5, 0.6) is 0 Å². The average Bonchev–Trinajstić information content (AvgIpc) is 2.97. The van der Waals surface area contributed by atoms with Crippen LogP contribution in [0.4, 0.5) is 0 Å². The molecule has 0 aromatic heterocycles. The summed E-state index contributed by atoms with van der Waals surface area (Å²) in [4.78, 5) is 0. The SMILES string of the molecule is CC1(NCCNC2CC2)CCCOC1. The Morgan fingerprint density at radius 1 is 1.36 bits per heavy atom. The van der Waals surface area contributed by atoms with Crippen molar-refractivity contribution >= 4 is 0 Å². The van der Waals surface area contributed by atoms with E-state index >= 15 is 0 Å². The summed E-state index contributed by atoms with van der Waals surface area (Å²) in [5, 5.41) is 7.10. The topological polar surface area (TPSA) is 33.3 Å². The van der Waals surface area contributed by atoms with Crippen LogP contribution >= 0.6 is 0 Å². The first kappa shape index (κ1) is 10.4. The van der Waals surface area contributed by atoms with Gasteiger partial charge in [-0.2, -0.15) is 0 Å². The fourth-order valence-corrected chi connectivity index (χ4v) is 2.00. The summed E-state index contributed by atoms with van der Waals surface area (Å²) in [6, 6.07) is 0.826. The molecular weight excluding hydrogens is 176 g/mol. The smallest absolute Gasteiger partial charge is 0.0645 e. The van der Waals surface area contributed by atoms with Crippen molar-refractivity contribution in [2.75, 3.05) is 26.3 Å². The van der Waals surface area contributed by atoms with Crippen molar-refractivity contribution in [3.8, 4) is 0 Å². The number of nitrogens with one attached hydrogen (secondary N) is 2. The van der Waals surface area contributed by atoms with E-state index in [-0.39, 0.29) is 5.54 Å². The van der Waals surface area contributed by atoms with Crippen LogP contribution in [0.2, 0.25) is 0 Å². The lowest BCUT2D eigenvalue weighted by Gasteiger charge is -2.34. The molecule has 0 aromatic rings. The zero-order chi connectivity index (χ0) is 9.86. The molecule has 2 N–H and O–H groups in total. The summed E-state index contributed by atoms with van der Waals surface area (Å²) in [6.45, 7) is 6.24. The summed E-state index contributed by atoms with van der Waals surface area (Å²) in [7, 11) is 0. The molecule has 0 amide bonds. The van der Waals surface area contributed by atoms with Crippen LogP contribution in [0.25, 0.3) is 0 Å². The Kier molecular flexibility index (Phi) is 3.42. The highest BCUT2D eigenvalue weighted by Gasteiger charge is 2.26. The highest BCUT2D eigenvalue weighted by Crippen LogP contribution is 2.19. The van der Waals surface area contributed by atoms with Gasteiger partial charge in [-0.15, -0.1) is 0 Å². The Labute approximate surface area is 86.6 Å². The first-order valence-corrected chi connectivity index (χ1v) is 5.85.